The number of para-hydroxylation sites is 1. The Labute approximate surface area is 182 Å². The second-order valence-corrected chi connectivity index (χ2v) is 6.62. The molecule has 1 aliphatic heterocycles. The van der Waals surface area contributed by atoms with Crippen LogP contribution in [0.25, 0.3) is 0 Å². The molecule has 0 saturated carbocycles. The number of hydrogen-bond donors (Lipinski definition) is 1. The summed E-state index contributed by atoms with van der Waals surface area (Å²) >= 11 is 5.95. The average Bonchev–Trinajstić information content (AvgIpc) is 3.28. The van der Waals surface area contributed by atoms with Crippen LogP contribution in [0.1, 0.15) is 11.6 Å². The summed E-state index contributed by atoms with van der Waals surface area (Å²) in [4.78, 5) is 18.0. The summed E-state index contributed by atoms with van der Waals surface area (Å²) in [5, 5.41) is 18.7. The van der Waals surface area contributed by atoms with Crippen LogP contribution in [0, 0.1) is 10.1 Å². The molecule has 0 aliphatic carbocycles. The Bertz CT molecular complexity index is 1020. The molecule has 2 heterocycles. The highest BCUT2D eigenvalue weighted by atomic mass is 35.5. The standard InChI is InChI=1S/C20H18ClN3O3.HNO3/c21-15-4-3-5-16(12-15)25-10-11-27-23-20-17-6-1-2-7-19(17)26-13-18(20)24-9-8-22-14-24;2-1(3)4/h1-9,12,14,18H,10-11,13H2;(H,2,3,4)/b23-20+;. The first-order valence-corrected chi connectivity index (χ1v) is 9.53. The van der Waals surface area contributed by atoms with Crippen LogP contribution in [-0.4, -0.2) is 45.4 Å². The Morgan fingerprint density at radius 1 is 1.29 bits per heavy atom. The van der Waals surface area contributed by atoms with Crippen molar-refractivity contribution in [1.29, 1.82) is 0 Å². The molecule has 1 aliphatic rings. The predicted molar refractivity (Wildman–Crippen MR) is 111 cm³/mol. The minimum atomic E-state index is -1.50. The molecular formula is C20H19ClN4O6. The van der Waals surface area contributed by atoms with Gasteiger partial charge < -0.3 is 24.1 Å². The fraction of sp³-hybridized carbons (Fsp3) is 0.200. The van der Waals surface area contributed by atoms with Crippen molar-refractivity contribution in [1.82, 2.24) is 9.55 Å². The Morgan fingerprint density at radius 2 is 2.10 bits per heavy atom. The molecule has 2 aromatic carbocycles. The van der Waals surface area contributed by atoms with Gasteiger partial charge in [0.2, 0.25) is 0 Å². The van der Waals surface area contributed by atoms with E-state index in [1.807, 2.05) is 47.2 Å². The average molecular weight is 447 g/mol. The second-order valence-electron chi connectivity index (χ2n) is 6.19. The zero-order valence-electron chi connectivity index (χ0n) is 16.2. The van der Waals surface area contributed by atoms with Crippen molar-refractivity contribution in [2.45, 2.75) is 6.04 Å². The number of rotatable bonds is 6. The van der Waals surface area contributed by atoms with E-state index in [0.29, 0.717) is 30.6 Å². The van der Waals surface area contributed by atoms with Gasteiger partial charge in [-0.2, -0.15) is 0 Å². The fourth-order valence-corrected chi connectivity index (χ4v) is 3.07. The van der Waals surface area contributed by atoms with Crippen LogP contribution < -0.4 is 9.47 Å². The number of halogens is 1. The highest BCUT2D eigenvalue weighted by Gasteiger charge is 2.28. The van der Waals surface area contributed by atoms with Gasteiger partial charge in [0.05, 0.1) is 6.33 Å². The molecule has 31 heavy (non-hydrogen) atoms. The van der Waals surface area contributed by atoms with E-state index in [2.05, 4.69) is 10.1 Å². The monoisotopic (exact) mass is 446 g/mol. The van der Waals surface area contributed by atoms with Gasteiger partial charge >= 0.3 is 0 Å². The van der Waals surface area contributed by atoms with Gasteiger partial charge in [-0.05, 0) is 30.3 Å². The van der Waals surface area contributed by atoms with Crippen molar-refractivity contribution in [2.24, 2.45) is 5.16 Å². The van der Waals surface area contributed by atoms with Gasteiger partial charge in [-0.15, -0.1) is 10.1 Å². The summed E-state index contributed by atoms with van der Waals surface area (Å²) in [6, 6.07) is 14.9. The van der Waals surface area contributed by atoms with Gasteiger partial charge in [-0.1, -0.05) is 35.0 Å². The van der Waals surface area contributed by atoms with Gasteiger partial charge in [0, 0.05) is 23.0 Å². The molecule has 162 valence electrons. The molecule has 0 amide bonds. The van der Waals surface area contributed by atoms with Crippen molar-refractivity contribution in [3.8, 4) is 11.5 Å². The lowest BCUT2D eigenvalue weighted by molar-refractivity contribution is -0.742. The fourth-order valence-electron chi connectivity index (χ4n) is 2.89. The smallest absolute Gasteiger partial charge is 0.291 e. The highest BCUT2D eigenvalue weighted by Crippen LogP contribution is 2.30. The zero-order valence-corrected chi connectivity index (χ0v) is 17.0. The van der Waals surface area contributed by atoms with Gasteiger partial charge in [0.15, 0.2) is 6.61 Å². The molecule has 1 atom stereocenters. The van der Waals surface area contributed by atoms with Gasteiger partial charge in [-0.25, -0.2) is 4.98 Å². The summed E-state index contributed by atoms with van der Waals surface area (Å²) in [6.07, 6.45) is 5.37. The molecule has 0 spiro atoms. The molecular weight excluding hydrogens is 428 g/mol. The van der Waals surface area contributed by atoms with Gasteiger partial charge in [-0.3, -0.25) is 0 Å². The molecule has 0 saturated heterocycles. The van der Waals surface area contributed by atoms with E-state index in [1.165, 1.54) is 0 Å². The summed E-state index contributed by atoms with van der Waals surface area (Å²) in [5.41, 5.74) is 1.72. The lowest BCUT2D eigenvalue weighted by Crippen LogP contribution is -2.31. The van der Waals surface area contributed by atoms with E-state index in [9.17, 15) is 0 Å². The number of ether oxygens (including phenoxy) is 2. The Hall–Kier alpha value is -3.79. The molecule has 0 bridgehead atoms. The quantitative estimate of drug-likeness (QED) is 0.348. The summed E-state index contributed by atoms with van der Waals surface area (Å²) in [6.45, 7) is 1.15. The molecule has 10 nitrogen and oxygen atoms in total. The Balaban J connectivity index is 0.000000628. The van der Waals surface area contributed by atoms with E-state index in [0.717, 1.165) is 17.0 Å². The van der Waals surface area contributed by atoms with E-state index in [1.54, 1.807) is 24.7 Å². The van der Waals surface area contributed by atoms with Crippen molar-refractivity contribution >= 4 is 17.3 Å². The van der Waals surface area contributed by atoms with Crippen LogP contribution in [0.4, 0.5) is 0 Å². The predicted octanol–water partition coefficient (Wildman–Crippen LogP) is 3.62. The number of hydrogen-bond acceptors (Lipinski definition) is 7. The maximum atomic E-state index is 8.36. The lowest BCUT2D eigenvalue weighted by atomic mass is 10.00. The first-order chi connectivity index (χ1) is 15.0. The van der Waals surface area contributed by atoms with E-state index in [-0.39, 0.29) is 6.04 Å². The third kappa shape index (κ3) is 6.34. The Morgan fingerprint density at radius 3 is 2.84 bits per heavy atom. The normalized spacial score (nSPS) is 15.8. The molecule has 1 unspecified atom stereocenters. The lowest BCUT2D eigenvalue weighted by Gasteiger charge is -2.27. The van der Waals surface area contributed by atoms with Crippen molar-refractivity contribution in [2.75, 3.05) is 19.8 Å². The Kier molecular flexibility index (Phi) is 7.66. The van der Waals surface area contributed by atoms with Crippen LogP contribution in [-0.2, 0) is 4.84 Å². The largest absolute Gasteiger partial charge is 0.490 e. The number of oxime groups is 1. The maximum Gasteiger partial charge on any atom is 0.291 e. The molecule has 4 rings (SSSR count). The number of fused-ring (bicyclic) bond motifs is 1. The van der Waals surface area contributed by atoms with E-state index in [4.69, 9.17) is 41.2 Å². The van der Waals surface area contributed by atoms with Gasteiger partial charge in [0.1, 0.15) is 36.5 Å². The summed E-state index contributed by atoms with van der Waals surface area (Å²) in [7, 11) is 0. The van der Waals surface area contributed by atoms with Crippen LogP contribution in [0.5, 0.6) is 11.5 Å². The SMILES string of the molecule is Clc1cccc(OCCO/N=C2\c3ccccc3OCC2n2ccnc2)c1.O=[N+]([O-])O. The van der Waals surface area contributed by atoms with Crippen LogP contribution in [0.3, 0.4) is 0 Å². The third-order valence-electron chi connectivity index (χ3n) is 4.16. The topological polar surface area (TPSA) is 121 Å². The minimum Gasteiger partial charge on any atom is -0.490 e. The number of imidazole rings is 1. The van der Waals surface area contributed by atoms with Crippen LogP contribution in [0.2, 0.25) is 5.02 Å². The van der Waals surface area contributed by atoms with Crippen LogP contribution >= 0.6 is 11.6 Å². The molecule has 3 aromatic rings. The van der Waals surface area contributed by atoms with Crippen LogP contribution in [0.15, 0.2) is 72.4 Å². The number of aromatic nitrogens is 2. The summed E-state index contributed by atoms with van der Waals surface area (Å²) in [5.74, 6) is 1.50. The minimum absolute atomic E-state index is 0.101. The number of nitrogens with zero attached hydrogens (tertiary/aromatic N) is 4. The molecule has 0 radical (unpaired) electrons. The highest BCUT2D eigenvalue weighted by molar-refractivity contribution is 6.30. The van der Waals surface area contributed by atoms with Gasteiger partial charge in [0.25, 0.3) is 5.09 Å². The maximum absolute atomic E-state index is 8.36. The van der Waals surface area contributed by atoms with Crippen molar-refractivity contribution in [3.05, 3.63) is 88.0 Å². The molecule has 1 N–H and O–H groups in total. The van der Waals surface area contributed by atoms with Crippen molar-refractivity contribution in [3.63, 3.8) is 0 Å². The first kappa shape index (κ1) is 21.9. The van der Waals surface area contributed by atoms with E-state index >= 15 is 0 Å². The number of benzene rings is 2. The van der Waals surface area contributed by atoms with E-state index < -0.39 is 5.09 Å². The molecule has 11 heteroatoms. The van der Waals surface area contributed by atoms with Crippen molar-refractivity contribution < 1.29 is 24.6 Å². The summed E-state index contributed by atoms with van der Waals surface area (Å²) < 4.78 is 13.4. The zero-order chi connectivity index (χ0) is 22.1. The second kappa shape index (κ2) is 10.8. The molecule has 1 aromatic heterocycles. The molecule has 0 fully saturated rings. The first-order valence-electron chi connectivity index (χ1n) is 9.15. The third-order valence-corrected chi connectivity index (χ3v) is 4.40.